The fraction of sp³-hybridized carbons (Fsp3) is 0.0476. The summed E-state index contributed by atoms with van der Waals surface area (Å²) in [6.07, 6.45) is 3.99. The summed E-state index contributed by atoms with van der Waals surface area (Å²) in [7, 11) is 0. The second-order valence-corrected chi connectivity index (χ2v) is 5.92. The number of furan rings is 1. The number of hydrogen-bond acceptors (Lipinski definition) is 5. The van der Waals surface area contributed by atoms with Gasteiger partial charge in [0.2, 0.25) is 5.67 Å². The lowest BCUT2D eigenvalue weighted by atomic mass is 9.84. The van der Waals surface area contributed by atoms with Gasteiger partial charge in [-0.15, -0.1) is 0 Å². The van der Waals surface area contributed by atoms with Gasteiger partial charge in [0.25, 0.3) is 0 Å². The first-order valence-electron chi connectivity index (χ1n) is 8.05. The Bertz CT molecular complexity index is 1190. The Morgan fingerprint density at radius 3 is 2.44 bits per heavy atom. The lowest BCUT2D eigenvalue weighted by molar-refractivity contribution is 0.234. The molecule has 4 aromatic rings. The first-order valence-corrected chi connectivity index (χ1v) is 8.05. The average molecular weight is 354 g/mol. The van der Waals surface area contributed by atoms with Crippen molar-refractivity contribution in [2.24, 2.45) is 0 Å². The molecule has 0 radical (unpaired) electrons. The van der Waals surface area contributed by atoms with Gasteiger partial charge in [-0.05, 0) is 24.3 Å². The molecule has 0 spiro atoms. The van der Waals surface area contributed by atoms with Crippen LogP contribution in [0.5, 0.6) is 0 Å². The third-order valence-electron chi connectivity index (χ3n) is 4.36. The average Bonchev–Trinajstić information content (AvgIpc) is 3.18. The lowest BCUT2D eigenvalue weighted by Crippen LogP contribution is -2.25. The molecule has 128 valence electrons. The Morgan fingerprint density at radius 2 is 1.74 bits per heavy atom. The highest BCUT2D eigenvalue weighted by Gasteiger charge is 2.42. The second-order valence-electron chi connectivity index (χ2n) is 5.92. The molecule has 0 saturated heterocycles. The van der Waals surface area contributed by atoms with E-state index >= 15 is 4.39 Å². The predicted octanol–water partition coefficient (Wildman–Crippen LogP) is 4.23. The maximum Gasteiger partial charge on any atom is 0.222 e. The molecule has 4 rings (SSSR count). The Labute approximate surface area is 154 Å². The molecule has 5 nitrogen and oxygen atoms in total. The first kappa shape index (κ1) is 16.4. The van der Waals surface area contributed by atoms with Gasteiger partial charge in [-0.3, -0.25) is 0 Å². The van der Waals surface area contributed by atoms with Crippen LogP contribution in [-0.2, 0) is 5.67 Å². The summed E-state index contributed by atoms with van der Waals surface area (Å²) in [5.74, 6) is 0.0136. The van der Waals surface area contributed by atoms with Gasteiger partial charge in [0.15, 0.2) is 5.76 Å². The van der Waals surface area contributed by atoms with E-state index in [-0.39, 0.29) is 28.0 Å². The zero-order chi connectivity index (χ0) is 18.9. The molecular weight excluding hydrogens is 343 g/mol. The van der Waals surface area contributed by atoms with Crippen molar-refractivity contribution in [2.45, 2.75) is 5.67 Å². The number of alkyl halides is 1. The van der Waals surface area contributed by atoms with Gasteiger partial charge in [-0.1, -0.05) is 24.3 Å². The molecule has 0 aliphatic heterocycles. The van der Waals surface area contributed by atoms with Crippen LogP contribution in [-0.4, -0.2) is 9.97 Å². The van der Waals surface area contributed by atoms with Gasteiger partial charge in [-0.25, -0.2) is 14.4 Å². The molecule has 27 heavy (non-hydrogen) atoms. The molecule has 1 atom stereocenters. The van der Waals surface area contributed by atoms with Crippen LogP contribution in [0.15, 0.2) is 71.7 Å². The van der Waals surface area contributed by atoms with Crippen LogP contribution in [0.2, 0.25) is 0 Å². The smallest absolute Gasteiger partial charge is 0.222 e. The van der Waals surface area contributed by atoms with E-state index in [0.717, 1.165) is 5.39 Å². The van der Waals surface area contributed by atoms with Crippen LogP contribution in [0.25, 0.3) is 11.0 Å². The number of rotatable bonds is 3. The van der Waals surface area contributed by atoms with E-state index < -0.39 is 5.67 Å². The minimum Gasteiger partial charge on any atom is -0.457 e. The summed E-state index contributed by atoms with van der Waals surface area (Å²) < 4.78 is 22.5. The summed E-state index contributed by atoms with van der Waals surface area (Å²) in [5.41, 5.74) is -1.26. The van der Waals surface area contributed by atoms with Gasteiger partial charge in [0, 0.05) is 28.9 Å². The van der Waals surface area contributed by atoms with Crippen LogP contribution in [0.4, 0.5) is 4.39 Å². The molecule has 6 heteroatoms. The van der Waals surface area contributed by atoms with Gasteiger partial charge in [-0.2, -0.15) is 10.5 Å². The van der Waals surface area contributed by atoms with Crippen molar-refractivity contribution in [3.8, 4) is 12.1 Å². The number of aromatic nitrogens is 2. The molecule has 0 fully saturated rings. The topological polar surface area (TPSA) is 86.5 Å². The number of nitrogens with zero attached hydrogens (tertiary/aromatic N) is 4. The fourth-order valence-electron chi connectivity index (χ4n) is 3.07. The highest BCUT2D eigenvalue weighted by atomic mass is 19.1. The molecule has 2 aromatic carbocycles. The molecule has 2 heterocycles. The zero-order valence-electron chi connectivity index (χ0n) is 13.9. The summed E-state index contributed by atoms with van der Waals surface area (Å²) in [6.45, 7) is 0. The van der Waals surface area contributed by atoms with Crippen molar-refractivity contribution in [1.82, 2.24) is 9.97 Å². The second kappa shape index (κ2) is 6.36. The molecule has 2 aromatic heterocycles. The van der Waals surface area contributed by atoms with E-state index in [0.29, 0.717) is 5.58 Å². The number of halogens is 1. The molecular formula is C21H11FN4O. The van der Waals surface area contributed by atoms with E-state index in [1.807, 2.05) is 24.3 Å². The first-order chi connectivity index (χ1) is 13.2. The standard InChI is InChI=1S/C21H11FN4O/c22-21(17-11-25-13-26-12-17,18-6-5-14(9-23)7-16(18)10-24)20-8-15-3-1-2-4-19(15)27-20/h1-8,11-13H. The van der Waals surface area contributed by atoms with E-state index in [4.69, 9.17) is 9.68 Å². The Balaban J connectivity index is 2.04. The Hall–Kier alpha value is -4.03. The quantitative estimate of drug-likeness (QED) is 0.549. The minimum atomic E-state index is -2.29. The Kier molecular flexibility index (Phi) is 3.87. The zero-order valence-corrected chi connectivity index (χ0v) is 13.9. The van der Waals surface area contributed by atoms with Crippen LogP contribution < -0.4 is 0 Å². The summed E-state index contributed by atoms with van der Waals surface area (Å²) in [5, 5.41) is 19.4. The number of para-hydroxylation sites is 1. The Morgan fingerprint density at radius 1 is 0.963 bits per heavy atom. The lowest BCUT2D eigenvalue weighted by Gasteiger charge is -2.24. The van der Waals surface area contributed by atoms with Crippen molar-refractivity contribution in [3.63, 3.8) is 0 Å². The SMILES string of the molecule is N#Cc1ccc(C(F)(c2cncnc2)c2cc3ccccc3o2)c(C#N)c1. The predicted molar refractivity (Wildman–Crippen MR) is 95.1 cm³/mol. The van der Waals surface area contributed by atoms with Gasteiger partial charge in [0.1, 0.15) is 11.9 Å². The number of hydrogen-bond donors (Lipinski definition) is 0. The van der Waals surface area contributed by atoms with Gasteiger partial charge >= 0.3 is 0 Å². The highest BCUT2D eigenvalue weighted by Crippen LogP contribution is 2.43. The number of benzene rings is 2. The molecule has 0 bridgehead atoms. The van der Waals surface area contributed by atoms with E-state index in [2.05, 4.69) is 9.97 Å². The van der Waals surface area contributed by atoms with Gasteiger partial charge < -0.3 is 4.42 Å². The fourth-order valence-corrected chi connectivity index (χ4v) is 3.07. The third-order valence-corrected chi connectivity index (χ3v) is 4.36. The molecule has 0 amide bonds. The summed E-state index contributed by atoms with van der Waals surface area (Å²) >= 11 is 0. The summed E-state index contributed by atoms with van der Waals surface area (Å²) in [6, 6.07) is 17.0. The van der Waals surface area contributed by atoms with E-state index in [1.54, 1.807) is 18.2 Å². The molecule has 0 saturated carbocycles. The van der Waals surface area contributed by atoms with Crippen LogP contribution in [0.1, 0.15) is 28.0 Å². The normalized spacial score (nSPS) is 12.9. The van der Waals surface area contributed by atoms with E-state index in [1.165, 1.54) is 36.9 Å². The monoisotopic (exact) mass is 354 g/mol. The third kappa shape index (κ3) is 2.61. The summed E-state index contributed by atoms with van der Waals surface area (Å²) in [4.78, 5) is 7.83. The maximum atomic E-state index is 16.7. The molecule has 1 unspecified atom stereocenters. The van der Waals surface area contributed by atoms with E-state index in [9.17, 15) is 5.26 Å². The van der Waals surface area contributed by atoms with Crippen molar-refractivity contribution < 1.29 is 8.81 Å². The molecule has 0 aliphatic carbocycles. The molecule has 0 N–H and O–H groups in total. The minimum absolute atomic E-state index is 0.0136. The van der Waals surface area contributed by atoms with Crippen LogP contribution in [0, 0.1) is 22.7 Å². The largest absolute Gasteiger partial charge is 0.457 e. The van der Waals surface area contributed by atoms with Gasteiger partial charge in [0.05, 0.1) is 23.3 Å². The van der Waals surface area contributed by atoms with Crippen LogP contribution in [0.3, 0.4) is 0 Å². The number of nitriles is 2. The van der Waals surface area contributed by atoms with Crippen LogP contribution >= 0.6 is 0 Å². The highest BCUT2D eigenvalue weighted by molar-refractivity contribution is 5.78. The van der Waals surface area contributed by atoms with Crippen molar-refractivity contribution >= 4 is 11.0 Å². The van der Waals surface area contributed by atoms with Crippen molar-refractivity contribution in [2.75, 3.05) is 0 Å². The number of fused-ring (bicyclic) bond motifs is 1. The van der Waals surface area contributed by atoms with Crippen molar-refractivity contribution in [3.05, 3.63) is 95.3 Å². The van der Waals surface area contributed by atoms with Crippen molar-refractivity contribution in [1.29, 1.82) is 10.5 Å². The maximum absolute atomic E-state index is 16.7. The molecule has 0 aliphatic rings.